The van der Waals surface area contributed by atoms with Crippen LogP contribution in [0, 0.1) is 6.92 Å². The van der Waals surface area contributed by atoms with Crippen molar-refractivity contribution in [3.63, 3.8) is 0 Å². The molecule has 2 aromatic heterocycles. The van der Waals surface area contributed by atoms with Crippen LogP contribution in [0.3, 0.4) is 0 Å². The van der Waals surface area contributed by atoms with E-state index in [1.807, 2.05) is 13.2 Å². The van der Waals surface area contributed by atoms with Crippen molar-refractivity contribution < 1.29 is 8.42 Å². The Morgan fingerprint density at radius 1 is 1.24 bits per heavy atom. The normalized spacial score (nSPS) is 14.6. The van der Waals surface area contributed by atoms with Crippen molar-refractivity contribution in [2.45, 2.75) is 34.7 Å². The lowest BCUT2D eigenvalue weighted by atomic mass is 10.1. The Morgan fingerprint density at radius 2 is 2.00 bits per heavy atom. The molecule has 130 valence electrons. The fraction of sp³-hybridized carbons (Fsp3) is 0.294. The molecular formula is C17H18N4O2S2. The van der Waals surface area contributed by atoms with Crippen LogP contribution in [-0.2, 0) is 22.8 Å². The molecule has 8 heteroatoms. The second-order valence-corrected chi connectivity index (χ2v) is 8.62. The van der Waals surface area contributed by atoms with E-state index in [1.165, 1.54) is 11.8 Å². The molecule has 0 fully saturated rings. The Hall–Kier alpha value is -1.90. The molecular weight excluding hydrogens is 356 g/mol. The molecule has 1 aromatic carbocycles. The predicted octanol–water partition coefficient (Wildman–Crippen LogP) is 2.24. The fourth-order valence-corrected chi connectivity index (χ4v) is 5.65. The molecule has 1 aliphatic heterocycles. The third-order valence-electron chi connectivity index (χ3n) is 4.46. The van der Waals surface area contributed by atoms with Crippen LogP contribution < -0.4 is 5.32 Å². The number of fused-ring (bicyclic) bond motifs is 3. The largest absolute Gasteiger partial charge is 0.311 e. The monoisotopic (exact) mass is 374 g/mol. The second kappa shape index (κ2) is 6.12. The SMILES string of the molecule is CSc1nn2c3c(c(C)nc2c1S(=O)(=O)c1ccccc1)CCNC3. The Bertz CT molecular complexity index is 1060. The molecule has 0 unspecified atom stereocenters. The van der Waals surface area contributed by atoms with Crippen LogP contribution in [0.2, 0.25) is 0 Å². The van der Waals surface area contributed by atoms with E-state index in [-0.39, 0.29) is 9.79 Å². The van der Waals surface area contributed by atoms with E-state index in [9.17, 15) is 8.42 Å². The minimum absolute atomic E-state index is 0.197. The average Bonchev–Trinajstić information content (AvgIpc) is 3.02. The first kappa shape index (κ1) is 16.6. The van der Waals surface area contributed by atoms with Crippen molar-refractivity contribution in [3.8, 4) is 0 Å². The topological polar surface area (TPSA) is 76.4 Å². The van der Waals surface area contributed by atoms with Crippen LogP contribution in [0.1, 0.15) is 17.0 Å². The average molecular weight is 374 g/mol. The first-order chi connectivity index (χ1) is 12.0. The molecule has 0 saturated carbocycles. The van der Waals surface area contributed by atoms with Gasteiger partial charge < -0.3 is 5.32 Å². The highest BCUT2D eigenvalue weighted by atomic mass is 32.2. The van der Waals surface area contributed by atoms with E-state index in [4.69, 9.17) is 0 Å². The number of benzene rings is 1. The Labute approximate surface area is 150 Å². The van der Waals surface area contributed by atoms with Crippen molar-refractivity contribution in [2.75, 3.05) is 12.8 Å². The van der Waals surface area contributed by atoms with Gasteiger partial charge in [-0.15, -0.1) is 11.8 Å². The molecule has 6 nitrogen and oxygen atoms in total. The zero-order valence-electron chi connectivity index (χ0n) is 14.0. The summed E-state index contributed by atoms with van der Waals surface area (Å²) in [6.07, 6.45) is 2.71. The highest BCUT2D eigenvalue weighted by Gasteiger charge is 2.30. The van der Waals surface area contributed by atoms with Crippen molar-refractivity contribution in [3.05, 3.63) is 47.3 Å². The summed E-state index contributed by atoms with van der Waals surface area (Å²) in [5.74, 6) is 0. The van der Waals surface area contributed by atoms with E-state index in [1.54, 1.807) is 34.8 Å². The molecule has 0 amide bonds. The summed E-state index contributed by atoms with van der Waals surface area (Å²) in [7, 11) is -3.70. The van der Waals surface area contributed by atoms with Gasteiger partial charge >= 0.3 is 0 Å². The third kappa shape index (κ3) is 2.56. The molecule has 0 aliphatic carbocycles. The van der Waals surface area contributed by atoms with Crippen LogP contribution in [0.15, 0.2) is 45.1 Å². The van der Waals surface area contributed by atoms with Gasteiger partial charge in [0.05, 0.1) is 10.6 Å². The highest BCUT2D eigenvalue weighted by Crippen LogP contribution is 2.33. The molecule has 0 radical (unpaired) electrons. The predicted molar refractivity (Wildman–Crippen MR) is 96.8 cm³/mol. The van der Waals surface area contributed by atoms with Crippen LogP contribution >= 0.6 is 11.8 Å². The van der Waals surface area contributed by atoms with E-state index in [0.717, 1.165) is 29.9 Å². The summed E-state index contributed by atoms with van der Waals surface area (Å²) >= 11 is 1.33. The number of nitrogens with zero attached hydrogens (tertiary/aromatic N) is 3. The van der Waals surface area contributed by atoms with Crippen molar-refractivity contribution in [1.29, 1.82) is 0 Å². The van der Waals surface area contributed by atoms with Gasteiger partial charge in [-0.05, 0) is 43.8 Å². The summed E-state index contributed by atoms with van der Waals surface area (Å²) in [5, 5.41) is 8.39. The van der Waals surface area contributed by atoms with Crippen molar-refractivity contribution in [1.82, 2.24) is 19.9 Å². The summed E-state index contributed by atoms with van der Waals surface area (Å²) in [6, 6.07) is 8.46. The minimum atomic E-state index is -3.70. The van der Waals surface area contributed by atoms with E-state index in [2.05, 4.69) is 15.4 Å². The zero-order chi connectivity index (χ0) is 17.6. The number of hydrogen-bond acceptors (Lipinski definition) is 6. The molecule has 25 heavy (non-hydrogen) atoms. The zero-order valence-corrected chi connectivity index (χ0v) is 15.6. The van der Waals surface area contributed by atoms with E-state index < -0.39 is 9.84 Å². The number of sulfone groups is 1. The first-order valence-electron chi connectivity index (χ1n) is 8.00. The van der Waals surface area contributed by atoms with Gasteiger partial charge in [-0.2, -0.15) is 5.10 Å². The summed E-state index contributed by atoms with van der Waals surface area (Å²) in [5.41, 5.74) is 3.44. The van der Waals surface area contributed by atoms with E-state index in [0.29, 0.717) is 17.2 Å². The molecule has 1 N–H and O–H groups in total. The lowest BCUT2D eigenvalue weighted by Crippen LogP contribution is -2.27. The summed E-state index contributed by atoms with van der Waals surface area (Å²) < 4.78 is 28.2. The maximum absolute atomic E-state index is 13.2. The van der Waals surface area contributed by atoms with Crippen LogP contribution in [-0.4, -0.2) is 35.8 Å². The number of nitrogens with one attached hydrogen (secondary N) is 1. The second-order valence-electron chi connectivity index (χ2n) is 5.94. The number of rotatable bonds is 3. The number of aromatic nitrogens is 3. The standard InChI is InChI=1S/C17H18N4O2S2/c1-11-13-8-9-18-10-14(13)21-16(19-11)15(17(20-21)24-2)25(22,23)12-6-4-3-5-7-12/h3-7,18H,8-10H2,1-2H3. The quantitative estimate of drug-likeness (QED) is 0.709. The molecule has 1 aliphatic rings. The molecule has 0 saturated heterocycles. The lowest BCUT2D eigenvalue weighted by molar-refractivity contribution is 0.594. The smallest absolute Gasteiger partial charge is 0.213 e. The lowest BCUT2D eigenvalue weighted by Gasteiger charge is -2.19. The summed E-state index contributed by atoms with van der Waals surface area (Å²) in [6.45, 7) is 3.50. The number of hydrogen-bond donors (Lipinski definition) is 1. The van der Waals surface area contributed by atoms with Gasteiger partial charge in [0.25, 0.3) is 0 Å². The fourth-order valence-electron chi connectivity index (χ4n) is 3.24. The molecule has 3 aromatic rings. The van der Waals surface area contributed by atoms with Gasteiger partial charge in [-0.3, -0.25) is 0 Å². The third-order valence-corrected chi connectivity index (χ3v) is 7.07. The van der Waals surface area contributed by atoms with Gasteiger partial charge in [0.15, 0.2) is 10.5 Å². The van der Waals surface area contributed by atoms with E-state index >= 15 is 0 Å². The van der Waals surface area contributed by atoms with Gasteiger partial charge in [-0.1, -0.05) is 18.2 Å². The Kier molecular flexibility index (Phi) is 4.05. The highest BCUT2D eigenvalue weighted by molar-refractivity contribution is 7.99. The van der Waals surface area contributed by atoms with Gasteiger partial charge in [0.2, 0.25) is 9.84 Å². The molecule has 0 bridgehead atoms. The first-order valence-corrected chi connectivity index (χ1v) is 10.7. The summed E-state index contributed by atoms with van der Waals surface area (Å²) in [4.78, 5) is 5.09. The number of aryl methyl sites for hydroxylation is 1. The van der Waals surface area contributed by atoms with Crippen LogP contribution in [0.25, 0.3) is 5.65 Å². The van der Waals surface area contributed by atoms with Gasteiger partial charge in [0.1, 0.15) is 5.03 Å². The maximum Gasteiger partial charge on any atom is 0.213 e. The maximum atomic E-state index is 13.2. The number of thioether (sulfide) groups is 1. The van der Waals surface area contributed by atoms with Gasteiger partial charge in [-0.25, -0.2) is 17.9 Å². The van der Waals surface area contributed by atoms with Crippen molar-refractivity contribution in [2.24, 2.45) is 0 Å². The minimum Gasteiger partial charge on any atom is -0.311 e. The van der Waals surface area contributed by atoms with Gasteiger partial charge in [0, 0.05) is 12.2 Å². The van der Waals surface area contributed by atoms with Crippen molar-refractivity contribution >= 4 is 27.2 Å². The molecule has 3 heterocycles. The molecule has 4 rings (SSSR count). The molecule has 0 spiro atoms. The molecule has 0 atom stereocenters. The van der Waals surface area contributed by atoms with Crippen LogP contribution in [0.4, 0.5) is 0 Å². The van der Waals surface area contributed by atoms with Crippen LogP contribution in [0.5, 0.6) is 0 Å². The Morgan fingerprint density at radius 3 is 2.72 bits per heavy atom. The Balaban J connectivity index is 2.06.